The molecule has 0 aliphatic heterocycles. The summed E-state index contributed by atoms with van der Waals surface area (Å²) in [6.07, 6.45) is 0.528. The third-order valence-electron chi connectivity index (χ3n) is 0.988. The van der Waals surface area contributed by atoms with E-state index in [9.17, 15) is 8.42 Å². The fraction of sp³-hybridized carbons (Fsp3) is 0.800. The molecule has 55 valence electrons. The quantitative estimate of drug-likeness (QED) is 0.605. The SMILES string of the molecule is [CH2]CC(C)CS(=O)(=O)O. The second-order valence-corrected chi connectivity index (χ2v) is 3.64. The summed E-state index contributed by atoms with van der Waals surface area (Å²) in [5.74, 6) is -0.240. The Hall–Kier alpha value is -0.0900. The highest BCUT2D eigenvalue weighted by atomic mass is 32.2. The highest BCUT2D eigenvalue weighted by Crippen LogP contribution is 2.02. The van der Waals surface area contributed by atoms with E-state index in [1.54, 1.807) is 6.92 Å². The number of rotatable bonds is 3. The van der Waals surface area contributed by atoms with Gasteiger partial charge in [-0.15, -0.1) is 0 Å². The molecule has 0 heterocycles. The molecular weight excluding hydrogens is 140 g/mol. The summed E-state index contributed by atoms with van der Waals surface area (Å²) in [6, 6.07) is 0. The van der Waals surface area contributed by atoms with Crippen LogP contribution in [0.5, 0.6) is 0 Å². The van der Waals surface area contributed by atoms with Crippen molar-refractivity contribution in [2.75, 3.05) is 5.75 Å². The molecule has 0 aliphatic rings. The lowest BCUT2D eigenvalue weighted by atomic mass is 10.2. The van der Waals surface area contributed by atoms with Gasteiger partial charge in [0, 0.05) is 0 Å². The Kier molecular flexibility index (Phi) is 3.14. The normalized spacial score (nSPS) is 15.4. The van der Waals surface area contributed by atoms with E-state index in [0.29, 0.717) is 6.42 Å². The van der Waals surface area contributed by atoms with Crippen molar-refractivity contribution in [3.8, 4) is 0 Å². The van der Waals surface area contributed by atoms with Gasteiger partial charge in [0.2, 0.25) is 0 Å². The first-order valence-electron chi connectivity index (χ1n) is 2.70. The molecule has 0 aliphatic carbocycles. The molecule has 1 N–H and O–H groups in total. The fourth-order valence-electron chi connectivity index (χ4n) is 0.443. The largest absolute Gasteiger partial charge is 0.286 e. The van der Waals surface area contributed by atoms with Crippen LogP contribution in [0, 0.1) is 12.8 Å². The minimum absolute atomic E-state index is 0.0556. The number of hydrogen-bond donors (Lipinski definition) is 1. The Bertz CT molecular complexity index is 159. The lowest BCUT2D eigenvalue weighted by Crippen LogP contribution is -2.11. The standard InChI is InChI=1S/C5H11O3S/c1-3-5(2)4-9(6,7)8/h5H,1,3-4H2,2H3,(H,6,7,8). The summed E-state index contributed by atoms with van der Waals surface area (Å²) in [5, 5.41) is 0. The van der Waals surface area contributed by atoms with Gasteiger partial charge in [-0.1, -0.05) is 13.8 Å². The molecule has 0 saturated heterocycles. The van der Waals surface area contributed by atoms with Crippen molar-refractivity contribution in [1.82, 2.24) is 0 Å². The molecule has 0 aromatic carbocycles. The summed E-state index contributed by atoms with van der Waals surface area (Å²) < 4.78 is 28.5. The maximum atomic E-state index is 10.1. The third kappa shape index (κ3) is 5.79. The van der Waals surface area contributed by atoms with Gasteiger partial charge in [0.05, 0.1) is 5.75 Å². The van der Waals surface area contributed by atoms with Gasteiger partial charge in [-0.05, 0) is 12.3 Å². The Morgan fingerprint density at radius 3 is 2.22 bits per heavy atom. The van der Waals surface area contributed by atoms with Crippen LogP contribution in [0.4, 0.5) is 0 Å². The van der Waals surface area contributed by atoms with Gasteiger partial charge in [-0.3, -0.25) is 4.55 Å². The molecule has 1 unspecified atom stereocenters. The topological polar surface area (TPSA) is 54.4 Å². The minimum Gasteiger partial charge on any atom is -0.286 e. The van der Waals surface area contributed by atoms with Crippen LogP contribution in [0.2, 0.25) is 0 Å². The smallest absolute Gasteiger partial charge is 0.265 e. The van der Waals surface area contributed by atoms with E-state index in [1.165, 1.54) is 0 Å². The molecule has 0 amide bonds. The van der Waals surface area contributed by atoms with Crippen molar-refractivity contribution >= 4 is 10.1 Å². The summed E-state index contributed by atoms with van der Waals surface area (Å²) >= 11 is 0. The predicted molar refractivity (Wildman–Crippen MR) is 35.6 cm³/mol. The van der Waals surface area contributed by atoms with Crippen LogP contribution < -0.4 is 0 Å². The van der Waals surface area contributed by atoms with Crippen molar-refractivity contribution < 1.29 is 13.0 Å². The van der Waals surface area contributed by atoms with Gasteiger partial charge in [0.1, 0.15) is 0 Å². The van der Waals surface area contributed by atoms with E-state index in [4.69, 9.17) is 4.55 Å². The third-order valence-corrected chi connectivity index (χ3v) is 1.98. The Labute approximate surface area is 55.8 Å². The second kappa shape index (κ2) is 3.17. The lowest BCUT2D eigenvalue weighted by Gasteiger charge is -2.02. The van der Waals surface area contributed by atoms with E-state index in [1.807, 2.05) is 0 Å². The fourth-order valence-corrected chi connectivity index (χ4v) is 1.33. The molecule has 9 heavy (non-hydrogen) atoms. The number of hydrogen-bond acceptors (Lipinski definition) is 2. The van der Waals surface area contributed by atoms with Crippen molar-refractivity contribution in [2.45, 2.75) is 13.3 Å². The van der Waals surface area contributed by atoms with Gasteiger partial charge in [-0.2, -0.15) is 8.42 Å². The van der Waals surface area contributed by atoms with Crippen molar-refractivity contribution in [3.05, 3.63) is 6.92 Å². The van der Waals surface area contributed by atoms with Gasteiger partial charge in [0.25, 0.3) is 10.1 Å². The molecule has 0 bridgehead atoms. The van der Waals surface area contributed by atoms with Crippen LogP contribution in [0.3, 0.4) is 0 Å². The first-order chi connectivity index (χ1) is 3.95. The lowest BCUT2D eigenvalue weighted by molar-refractivity contribution is 0.469. The zero-order valence-electron chi connectivity index (χ0n) is 5.37. The van der Waals surface area contributed by atoms with Crippen molar-refractivity contribution in [1.29, 1.82) is 0 Å². The molecule has 0 aromatic heterocycles. The molecule has 4 heteroatoms. The van der Waals surface area contributed by atoms with Crippen molar-refractivity contribution in [2.24, 2.45) is 5.92 Å². The molecule has 1 atom stereocenters. The van der Waals surface area contributed by atoms with Gasteiger partial charge < -0.3 is 0 Å². The van der Waals surface area contributed by atoms with E-state index in [2.05, 4.69) is 6.92 Å². The van der Waals surface area contributed by atoms with Crippen LogP contribution in [-0.4, -0.2) is 18.7 Å². The predicted octanol–water partition coefficient (Wildman–Crippen LogP) is 0.734. The molecule has 0 rings (SSSR count). The zero-order chi connectivity index (χ0) is 7.49. The van der Waals surface area contributed by atoms with E-state index >= 15 is 0 Å². The highest BCUT2D eigenvalue weighted by Gasteiger charge is 2.09. The summed E-state index contributed by atoms with van der Waals surface area (Å²) in [7, 11) is -3.78. The summed E-state index contributed by atoms with van der Waals surface area (Å²) in [6.45, 7) is 5.22. The molecule has 0 fully saturated rings. The maximum absolute atomic E-state index is 10.1. The molecule has 0 spiro atoms. The molecule has 0 aromatic rings. The second-order valence-electron chi connectivity index (χ2n) is 2.14. The Morgan fingerprint density at radius 1 is 1.67 bits per heavy atom. The van der Waals surface area contributed by atoms with Crippen LogP contribution in [0.25, 0.3) is 0 Å². The van der Waals surface area contributed by atoms with Crippen LogP contribution in [0.15, 0.2) is 0 Å². The van der Waals surface area contributed by atoms with E-state index < -0.39 is 10.1 Å². The van der Waals surface area contributed by atoms with Crippen LogP contribution in [0.1, 0.15) is 13.3 Å². The van der Waals surface area contributed by atoms with Crippen LogP contribution >= 0.6 is 0 Å². The Balaban J connectivity index is 3.75. The van der Waals surface area contributed by atoms with Gasteiger partial charge >= 0.3 is 0 Å². The highest BCUT2D eigenvalue weighted by molar-refractivity contribution is 7.85. The van der Waals surface area contributed by atoms with E-state index in [-0.39, 0.29) is 11.7 Å². The minimum atomic E-state index is -3.78. The maximum Gasteiger partial charge on any atom is 0.265 e. The van der Waals surface area contributed by atoms with Gasteiger partial charge in [-0.25, -0.2) is 0 Å². The average molecular weight is 151 g/mol. The zero-order valence-corrected chi connectivity index (χ0v) is 6.19. The molecule has 1 radical (unpaired) electrons. The average Bonchev–Trinajstić information content (AvgIpc) is 1.62. The summed E-state index contributed by atoms with van der Waals surface area (Å²) in [4.78, 5) is 0. The van der Waals surface area contributed by atoms with Gasteiger partial charge in [0.15, 0.2) is 0 Å². The molecule has 3 nitrogen and oxygen atoms in total. The first kappa shape index (κ1) is 8.91. The first-order valence-corrected chi connectivity index (χ1v) is 4.31. The van der Waals surface area contributed by atoms with Crippen molar-refractivity contribution in [3.63, 3.8) is 0 Å². The van der Waals surface area contributed by atoms with E-state index in [0.717, 1.165) is 0 Å². The Morgan fingerprint density at radius 2 is 2.11 bits per heavy atom. The van der Waals surface area contributed by atoms with Crippen LogP contribution in [-0.2, 0) is 10.1 Å². The summed E-state index contributed by atoms with van der Waals surface area (Å²) in [5.41, 5.74) is 0. The molecule has 0 saturated carbocycles. The molecular formula is C5H11O3S. The monoisotopic (exact) mass is 151 g/mol.